The van der Waals surface area contributed by atoms with Gasteiger partial charge in [-0.1, -0.05) is 37.3 Å². The van der Waals surface area contributed by atoms with Crippen molar-refractivity contribution in [1.29, 1.82) is 0 Å². The van der Waals surface area contributed by atoms with E-state index in [-0.39, 0.29) is 0 Å². The zero-order valence-corrected chi connectivity index (χ0v) is 11.7. The Kier molecular flexibility index (Phi) is 5.10. The van der Waals surface area contributed by atoms with Crippen LogP contribution in [0.5, 0.6) is 0 Å². The second kappa shape index (κ2) is 7.05. The summed E-state index contributed by atoms with van der Waals surface area (Å²) in [6, 6.07) is 15.2. The van der Waals surface area contributed by atoms with Crippen LogP contribution < -0.4 is 5.32 Å². The van der Waals surface area contributed by atoms with Gasteiger partial charge >= 0.3 is 0 Å². The van der Waals surface area contributed by atoms with E-state index in [1.165, 1.54) is 11.1 Å². The highest BCUT2D eigenvalue weighted by atomic mass is 14.9. The maximum absolute atomic E-state index is 4.05. The van der Waals surface area contributed by atoms with Gasteiger partial charge < -0.3 is 5.32 Å². The summed E-state index contributed by atoms with van der Waals surface area (Å²) in [6.45, 7) is 5.51. The van der Waals surface area contributed by atoms with Gasteiger partial charge in [-0.2, -0.15) is 0 Å². The van der Waals surface area contributed by atoms with Crippen molar-refractivity contribution in [1.82, 2.24) is 10.3 Å². The number of rotatable bonds is 6. The van der Waals surface area contributed by atoms with Gasteiger partial charge in [0, 0.05) is 18.4 Å². The molecule has 0 aliphatic heterocycles. The molecular weight excluding hydrogens is 232 g/mol. The Morgan fingerprint density at radius 1 is 0.947 bits per heavy atom. The molecule has 0 spiro atoms. The molecule has 0 radical (unpaired) electrons. The van der Waals surface area contributed by atoms with Gasteiger partial charge in [-0.25, -0.2) is 0 Å². The summed E-state index contributed by atoms with van der Waals surface area (Å²) in [7, 11) is 0. The molecule has 1 N–H and O–H groups in total. The minimum atomic E-state index is 0.381. The summed E-state index contributed by atoms with van der Waals surface area (Å²) in [5, 5.41) is 3.57. The fraction of sp³-hybridized carbons (Fsp3) is 0.353. The molecule has 0 aliphatic carbocycles. The lowest BCUT2D eigenvalue weighted by Crippen LogP contribution is -2.21. The van der Waals surface area contributed by atoms with E-state index >= 15 is 0 Å². The Hall–Kier alpha value is -1.67. The smallest absolute Gasteiger partial charge is 0.0292 e. The number of hydrogen-bond acceptors (Lipinski definition) is 2. The molecule has 19 heavy (non-hydrogen) atoms. The van der Waals surface area contributed by atoms with Crippen LogP contribution in [0.4, 0.5) is 0 Å². The van der Waals surface area contributed by atoms with Gasteiger partial charge in [0.25, 0.3) is 0 Å². The second-order valence-electron chi connectivity index (χ2n) is 5.06. The van der Waals surface area contributed by atoms with Gasteiger partial charge in [-0.3, -0.25) is 4.98 Å². The van der Waals surface area contributed by atoms with Crippen LogP contribution in [0.1, 0.15) is 43.4 Å². The van der Waals surface area contributed by atoms with Crippen molar-refractivity contribution < 1.29 is 0 Å². The van der Waals surface area contributed by atoms with Crippen LogP contribution in [0.3, 0.4) is 0 Å². The van der Waals surface area contributed by atoms with Gasteiger partial charge in [0.1, 0.15) is 0 Å². The van der Waals surface area contributed by atoms with E-state index in [1.807, 2.05) is 12.4 Å². The van der Waals surface area contributed by atoms with E-state index < -0.39 is 0 Å². The molecule has 0 amide bonds. The zero-order chi connectivity index (χ0) is 13.5. The third-order valence-electron chi connectivity index (χ3n) is 3.60. The van der Waals surface area contributed by atoms with E-state index in [1.54, 1.807) is 0 Å². The van der Waals surface area contributed by atoms with Crippen molar-refractivity contribution in [3.05, 3.63) is 66.0 Å². The molecular formula is C17H22N2. The molecule has 100 valence electrons. The SMILES string of the molecule is CC(CCN[C@H](C)c1ccncc1)c1ccccc1. The van der Waals surface area contributed by atoms with E-state index in [0.717, 1.165) is 13.0 Å². The maximum Gasteiger partial charge on any atom is 0.0292 e. The highest BCUT2D eigenvalue weighted by Crippen LogP contribution is 2.18. The van der Waals surface area contributed by atoms with Crippen LogP contribution in [-0.2, 0) is 0 Å². The van der Waals surface area contributed by atoms with Crippen molar-refractivity contribution in [2.45, 2.75) is 32.2 Å². The Morgan fingerprint density at radius 2 is 1.63 bits per heavy atom. The second-order valence-corrected chi connectivity index (χ2v) is 5.06. The molecule has 0 bridgehead atoms. The highest BCUT2D eigenvalue weighted by Gasteiger charge is 2.07. The minimum Gasteiger partial charge on any atom is -0.310 e. The standard InChI is InChI=1S/C17H22N2/c1-14(16-6-4-3-5-7-16)8-13-19-15(2)17-9-11-18-12-10-17/h3-7,9-12,14-15,19H,8,13H2,1-2H3/t14?,15-/m1/s1. The Balaban J connectivity index is 1.78. The van der Waals surface area contributed by atoms with Crippen LogP contribution in [0.15, 0.2) is 54.9 Å². The summed E-state index contributed by atoms with van der Waals surface area (Å²) in [4.78, 5) is 4.05. The summed E-state index contributed by atoms with van der Waals surface area (Å²) in [5.74, 6) is 0.596. The van der Waals surface area contributed by atoms with E-state index in [0.29, 0.717) is 12.0 Å². The number of nitrogens with one attached hydrogen (secondary N) is 1. The largest absolute Gasteiger partial charge is 0.310 e. The number of nitrogens with zero attached hydrogens (tertiary/aromatic N) is 1. The zero-order valence-electron chi connectivity index (χ0n) is 11.7. The first kappa shape index (κ1) is 13.8. The lowest BCUT2D eigenvalue weighted by atomic mass is 9.98. The van der Waals surface area contributed by atoms with Crippen molar-refractivity contribution in [3.8, 4) is 0 Å². The first-order valence-electron chi connectivity index (χ1n) is 6.95. The van der Waals surface area contributed by atoms with Crippen LogP contribution >= 0.6 is 0 Å². The van der Waals surface area contributed by atoms with Crippen LogP contribution in [-0.4, -0.2) is 11.5 Å². The van der Waals surface area contributed by atoms with Crippen molar-refractivity contribution >= 4 is 0 Å². The monoisotopic (exact) mass is 254 g/mol. The number of pyridine rings is 1. The van der Waals surface area contributed by atoms with E-state index in [9.17, 15) is 0 Å². The summed E-state index contributed by atoms with van der Waals surface area (Å²) >= 11 is 0. The van der Waals surface area contributed by atoms with Crippen molar-refractivity contribution in [2.75, 3.05) is 6.54 Å². The first-order chi connectivity index (χ1) is 9.27. The van der Waals surface area contributed by atoms with Crippen molar-refractivity contribution in [3.63, 3.8) is 0 Å². The fourth-order valence-corrected chi connectivity index (χ4v) is 2.23. The molecule has 2 heteroatoms. The predicted molar refractivity (Wildman–Crippen MR) is 80.1 cm³/mol. The molecule has 2 nitrogen and oxygen atoms in total. The van der Waals surface area contributed by atoms with Crippen LogP contribution in [0.25, 0.3) is 0 Å². The Labute approximate surface area is 115 Å². The summed E-state index contributed by atoms with van der Waals surface area (Å²) in [5.41, 5.74) is 2.71. The quantitative estimate of drug-likeness (QED) is 0.845. The molecule has 2 rings (SSSR count). The van der Waals surface area contributed by atoms with Gasteiger partial charge in [0.05, 0.1) is 0 Å². The molecule has 1 unspecified atom stereocenters. The average Bonchev–Trinajstić information content (AvgIpc) is 2.49. The van der Waals surface area contributed by atoms with Crippen LogP contribution in [0, 0.1) is 0 Å². The van der Waals surface area contributed by atoms with E-state index in [2.05, 4.69) is 66.6 Å². The molecule has 0 aliphatic rings. The molecule has 2 atom stereocenters. The maximum atomic E-state index is 4.05. The summed E-state index contributed by atoms with van der Waals surface area (Å²) < 4.78 is 0. The molecule has 1 aromatic carbocycles. The van der Waals surface area contributed by atoms with Gasteiger partial charge in [0.2, 0.25) is 0 Å². The van der Waals surface area contributed by atoms with Gasteiger partial charge in [0.15, 0.2) is 0 Å². The average molecular weight is 254 g/mol. The fourth-order valence-electron chi connectivity index (χ4n) is 2.23. The molecule has 2 aromatic rings. The first-order valence-corrected chi connectivity index (χ1v) is 6.95. The molecule has 1 heterocycles. The molecule has 0 saturated heterocycles. The van der Waals surface area contributed by atoms with Gasteiger partial charge in [-0.05, 0) is 49.1 Å². The number of benzene rings is 1. The normalized spacial score (nSPS) is 14.0. The summed E-state index contributed by atoms with van der Waals surface area (Å²) in [6.07, 6.45) is 4.85. The van der Waals surface area contributed by atoms with E-state index in [4.69, 9.17) is 0 Å². The molecule has 0 saturated carbocycles. The predicted octanol–water partition coefficient (Wildman–Crippen LogP) is 3.93. The highest BCUT2D eigenvalue weighted by molar-refractivity contribution is 5.18. The topological polar surface area (TPSA) is 24.9 Å². The van der Waals surface area contributed by atoms with Crippen molar-refractivity contribution in [2.24, 2.45) is 0 Å². The minimum absolute atomic E-state index is 0.381. The molecule has 0 fully saturated rings. The lowest BCUT2D eigenvalue weighted by molar-refractivity contribution is 0.531. The lowest BCUT2D eigenvalue weighted by Gasteiger charge is -2.16. The Morgan fingerprint density at radius 3 is 2.32 bits per heavy atom. The molecule has 1 aromatic heterocycles. The van der Waals surface area contributed by atoms with Crippen LogP contribution in [0.2, 0.25) is 0 Å². The van der Waals surface area contributed by atoms with Gasteiger partial charge in [-0.15, -0.1) is 0 Å². The number of aromatic nitrogens is 1. The number of hydrogen-bond donors (Lipinski definition) is 1. The Bertz CT molecular complexity index is 422. The third kappa shape index (κ3) is 4.18. The third-order valence-corrected chi connectivity index (χ3v) is 3.60.